The number of hydrogen-bond acceptors (Lipinski definition) is 3. The summed E-state index contributed by atoms with van der Waals surface area (Å²) >= 11 is 6.70. The summed E-state index contributed by atoms with van der Waals surface area (Å²) in [6.45, 7) is 0. The van der Waals surface area contributed by atoms with Gasteiger partial charge in [-0.15, -0.1) is 0 Å². The van der Waals surface area contributed by atoms with Gasteiger partial charge >= 0.3 is 0 Å². The van der Waals surface area contributed by atoms with Crippen molar-refractivity contribution in [3.8, 4) is 11.5 Å². The van der Waals surface area contributed by atoms with Crippen molar-refractivity contribution in [2.24, 2.45) is 0 Å². The molecule has 0 aliphatic heterocycles. The van der Waals surface area contributed by atoms with Gasteiger partial charge < -0.3 is 14.6 Å². The molecule has 0 aliphatic rings. The van der Waals surface area contributed by atoms with Crippen LogP contribution in [0.1, 0.15) is 17.2 Å². The molecule has 6 heteroatoms. The highest BCUT2D eigenvalue weighted by Crippen LogP contribution is 2.37. The molecule has 0 spiro atoms. The van der Waals surface area contributed by atoms with E-state index in [0.29, 0.717) is 15.8 Å². The summed E-state index contributed by atoms with van der Waals surface area (Å²) in [5.74, 6) is 0.0805. The first-order valence-corrected chi connectivity index (χ1v) is 7.61. The van der Waals surface area contributed by atoms with Gasteiger partial charge in [0.1, 0.15) is 11.9 Å². The lowest BCUT2D eigenvalue weighted by Gasteiger charge is -2.17. The quantitative estimate of drug-likeness (QED) is 0.795. The van der Waals surface area contributed by atoms with Crippen molar-refractivity contribution in [3.05, 3.63) is 56.2 Å². The predicted octanol–water partition coefficient (Wildman–Crippen LogP) is 4.45. The number of halogens is 3. The molecule has 0 saturated carbocycles. The highest BCUT2D eigenvalue weighted by atomic mass is 79.9. The second-order valence-corrected chi connectivity index (χ2v) is 6.07. The first-order chi connectivity index (χ1) is 9.97. The minimum absolute atomic E-state index is 0.121. The van der Waals surface area contributed by atoms with Crippen molar-refractivity contribution in [2.45, 2.75) is 6.10 Å². The van der Waals surface area contributed by atoms with Gasteiger partial charge in [-0.25, -0.2) is 4.39 Å². The van der Waals surface area contributed by atoms with E-state index in [1.54, 1.807) is 18.2 Å². The van der Waals surface area contributed by atoms with Crippen molar-refractivity contribution in [1.29, 1.82) is 0 Å². The van der Waals surface area contributed by atoms with Gasteiger partial charge in [-0.3, -0.25) is 0 Å². The van der Waals surface area contributed by atoms with E-state index in [4.69, 9.17) is 9.47 Å². The summed E-state index contributed by atoms with van der Waals surface area (Å²) in [7, 11) is 2.89. The van der Waals surface area contributed by atoms with Crippen LogP contribution in [-0.2, 0) is 0 Å². The van der Waals surface area contributed by atoms with Crippen LogP contribution in [-0.4, -0.2) is 19.3 Å². The van der Waals surface area contributed by atoms with Crippen molar-refractivity contribution in [3.63, 3.8) is 0 Å². The smallest absolute Gasteiger partial charge is 0.163 e. The third kappa shape index (κ3) is 3.39. The van der Waals surface area contributed by atoms with Crippen LogP contribution in [0.15, 0.2) is 39.3 Å². The van der Waals surface area contributed by atoms with Crippen LogP contribution in [0.25, 0.3) is 0 Å². The van der Waals surface area contributed by atoms with Crippen LogP contribution in [0.3, 0.4) is 0 Å². The zero-order valence-electron chi connectivity index (χ0n) is 11.4. The lowest BCUT2D eigenvalue weighted by Crippen LogP contribution is -2.05. The molecule has 1 N–H and O–H groups in total. The number of aliphatic hydroxyl groups excluding tert-OH is 1. The summed E-state index contributed by atoms with van der Waals surface area (Å²) in [5.41, 5.74) is 0.681. The summed E-state index contributed by atoms with van der Waals surface area (Å²) < 4.78 is 25.9. The van der Waals surface area contributed by atoms with E-state index in [9.17, 15) is 9.50 Å². The highest BCUT2D eigenvalue weighted by Gasteiger charge is 2.20. The maximum Gasteiger partial charge on any atom is 0.163 e. The SMILES string of the molecule is COc1cc(F)c(C(O)c2ccc(Br)cc2Br)cc1OC. The lowest BCUT2D eigenvalue weighted by molar-refractivity contribution is 0.213. The molecule has 0 fully saturated rings. The van der Waals surface area contributed by atoms with Crippen LogP contribution in [0.2, 0.25) is 0 Å². The van der Waals surface area contributed by atoms with Crippen LogP contribution >= 0.6 is 31.9 Å². The summed E-state index contributed by atoms with van der Waals surface area (Å²) in [6, 6.07) is 7.92. The van der Waals surface area contributed by atoms with Crippen LogP contribution in [0.5, 0.6) is 11.5 Å². The van der Waals surface area contributed by atoms with E-state index in [2.05, 4.69) is 31.9 Å². The zero-order valence-corrected chi connectivity index (χ0v) is 14.5. The number of hydrogen-bond donors (Lipinski definition) is 1. The third-order valence-corrected chi connectivity index (χ3v) is 4.23. The summed E-state index contributed by atoms with van der Waals surface area (Å²) in [6.07, 6.45) is -1.12. The van der Waals surface area contributed by atoms with Crippen molar-refractivity contribution < 1.29 is 19.0 Å². The molecule has 1 unspecified atom stereocenters. The number of methoxy groups -OCH3 is 2. The second kappa shape index (κ2) is 6.77. The van der Waals surface area contributed by atoms with Gasteiger partial charge in [0.25, 0.3) is 0 Å². The molecular weight excluding hydrogens is 407 g/mol. The van der Waals surface area contributed by atoms with E-state index in [1.165, 1.54) is 26.4 Å². The molecule has 2 rings (SSSR count). The summed E-state index contributed by atoms with van der Waals surface area (Å²) in [4.78, 5) is 0. The average Bonchev–Trinajstić information content (AvgIpc) is 2.46. The maximum atomic E-state index is 14.2. The summed E-state index contributed by atoms with van der Waals surface area (Å²) in [5, 5.41) is 10.4. The monoisotopic (exact) mass is 418 g/mol. The van der Waals surface area contributed by atoms with E-state index >= 15 is 0 Å². The van der Waals surface area contributed by atoms with Gasteiger partial charge in [-0.2, -0.15) is 0 Å². The second-order valence-electron chi connectivity index (χ2n) is 4.30. The van der Waals surface area contributed by atoms with Crippen LogP contribution in [0, 0.1) is 5.82 Å². The Morgan fingerprint density at radius 1 is 1.00 bits per heavy atom. The van der Waals surface area contributed by atoms with Crippen molar-refractivity contribution in [1.82, 2.24) is 0 Å². The Labute approximate surface area is 139 Å². The predicted molar refractivity (Wildman–Crippen MR) is 85.4 cm³/mol. The largest absolute Gasteiger partial charge is 0.493 e. The molecule has 3 nitrogen and oxygen atoms in total. The molecule has 112 valence electrons. The molecule has 0 bridgehead atoms. The molecular formula is C15H13Br2FO3. The first-order valence-electron chi connectivity index (χ1n) is 6.02. The molecule has 0 heterocycles. The fourth-order valence-corrected chi connectivity index (χ4v) is 3.23. The number of ether oxygens (including phenoxy) is 2. The van der Waals surface area contributed by atoms with Gasteiger partial charge in [0.2, 0.25) is 0 Å². The standard InChI is InChI=1S/C15H13Br2FO3/c1-20-13-6-10(12(18)7-14(13)21-2)15(19)9-4-3-8(16)5-11(9)17/h3-7,15,19H,1-2H3. The first kappa shape index (κ1) is 16.3. The minimum atomic E-state index is -1.12. The number of benzene rings is 2. The number of rotatable bonds is 4. The topological polar surface area (TPSA) is 38.7 Å². The Morgan fingerprint density at radius 3 is 2.19 bits per heavy atom. The van der Waals surface area contributed by atoms with Gasteiger partial charge in [0, 0.05) is 20.6 Å². The Hall–Kier alpha value is -1.11. The maximum absolute atomic E-state index is 14.2. The molecule has 21 heavy (non-hydrogen) atoms. The van der Waals surface area contributed by atoms with E-state index < -0.39 is 11.9 Å². The molecule has 0 radical (unpaired) electrons. The van der Waals surface area contributed by atoms with E-state index in [0.717, 1.165) is 4.47 Å². The molecule has 0 saturated heterocycles. The average molecular weight is 420 g/mol. The Bertz CT molecular complexity index is 662. The lowest BCUT2D eigenvalue weighted by atomic mass is 10.0. The number of aliphatic hydroxyl groups is 1. The molecule has 2 aromatic rings. The van der Waals surface area contributed by atoms with Crippen molar-refractivity contribution in [2.75, 3.05) is 14.2 Å². The van der Waals surface area contributed by atoms with Crippen LogP contribution in [0.4, 0.5) is 4.39 Å². The van der Waals surface area contributed by atoms with Gasteiger partial charge in [0.05, 0.1) is 14.2 Å². The highest BCUT2D eigenvalue weighted by molar-refractivity contribution is 9.11. The van der Waals surface area contributed by atoms with Gasteiger partial charge in [0.15, 0.2) is 11.5 Å². The molecule has 0 amide bonds. The molecule has 0 aliphatic carbocycles. The normalized spacial score (nSPS) is 12.1. The molecule has 2 aromatic carbocycles. The van der Waals surface area contributed by atoms with E-state index in [-0.39, 0.29) is 11.3 Å². The Kier molecular flexibility index (Phi) is 5.24. The van der Waals surface area contributed by atoms with Gasteiger partial charge in [-0.05, 0) is 23.8 Å². The Morgan fingerprint density at radius 2 is 1.62 bits per heavy atom. The van der Waals surface area contributed by atoms with E-state index in [1.807, 2.05) is 0 Å². The fourth-order valence-electron chi connectivity index (χ4n) is 1.97. The zero-order chi connectivity index (χ0) is 15.6. The minimum Gasteiger partial charge on any atom is -0.493 e. The van der Waals surface area contributed by atoms with Crippen molar-refractivity contribution >= 4 is 31.9 Å². The molecule has 0 aromatic heterocycles. The third-order valence-electron chi connectivity index (χ3n) is 3.05. The Balaban J connectivity index is 2.50. The van der Waals surface area contributed by atoms with Crippen LogP contribution < -0.4 is 9.47 Å². The van der Waals surface area contributed by atoms with Gasteiger partial charge in [-0.1, -0.05) is 37.9 Å². The fraction of sp³-hybridized carbons (Fsp3) is 0.200. The molecule has 1 atom stereocenters.